The number of aliphatic carboxylic acids is 1. The maximum Gasteiger partial charge on any atom is 0.326 e. The van der Waals surface area contributed by atoms with Gasteiger partial charge in [-0.15, -0.1) is 0 Å². The van der Waals surface area contributed by atoms with E-state index in [-0.39, 0.29) is 18.0 Å². The minimum absolute atomic E-state index is 0.0469. The van der Waals surface area contributed by atoms with Crippen LogP contribution in [0.25, 0.3) is 10.9 Å². The van der Waals surface area contributed by atoms with Gasteiger partial charge in [0.1, 0.15) is 23.5 Å². The van der Waals surface area contributed by atoms with E-state index < -0.39 is 29.9 Å². The number of carbonyl (C=O) groups excluding carboxylic acids is 2. The highest BCUT2D eigenvalue weighted by Gasteiger charge is 2.28. The number of methoxy groups -OCH3 is 1. The number of rotatable bonds is 10. The molecule has 0 saturated heterocycles. The number of ether oxygens (including phenoxy) is 1. The number of carbonyl (C=O) groups is 3. The molecule has 0 saturated carbocycles. The fourth-order valence-corrected chi connectivity index (χ4v) is 3.46. The van der Waals surface area contributed by atoms with Gasteiger partial charge in [0.2, 0.25) is 5.91 Å². The van der Waals surface area contributed by atoms with Crippen molar-refractivity contribution in [1.82, 2.24) is 25.6 Å². The van der Waals surface area contributed by atoms with Crippen molar-refractivity contribution >= 4 is 28.7 Å². The SMILES string of the molecule is COc1cccc2[nH]c(C(=O)N[C@@H](CC(C)C)C(=O)N[C@@H](Cc3cnc[nH]3)C(=O)O)cc12. The van der Waals surface area contributed by atoms with Crippen molar-refractivity contribution in [2.24, 2.45) is 5.92 Å². The molecular formula is C22H27N5O5. The molecule has 2 heterocycles. The van der Waals surface area contributed by atoms with Crippen molar-refractivity contribution in [3.8, 4) is 5.75 Å². The number of nitrogens with one attached hydrogen (secondary N) is 4. The van der Waals surface area contributed by atoms with E-state index in [1.807, 2.05) is 19.9 Å². The molecule has 2 amide bonds. The molecule has 3 rings (SSSR count). The number of benzene rings is 1. The van der Waals surface area contributed by atoms with Crippen LogP contribution in [0, 0.1) is 5.92 Å². The van der Waals surface area contributed by atoms with Gasteiger partial charge in [0.15, 0.2) is 0 Å². The summed E-state index contributed by atoms with van der Waals surface area (Å²) in [4.78, 5) is 47.2. The predicted octanol–water partition coefficient (Wildman–Crippen LogP) is 1.86. The van der Waals surface area contributed by atoms with E-state index in [0.717, 1.165) is 10.9 Å². The molecule has 3 aromatic rings. The van der Waals surface area contributed by atoms with Crippen molar-refractivity contribution in [3.63, 3.8) is 0 Å². The Morgan fingerprint density at radius 1 is 1.19 bits per heavy atom. The summed E-state index contributed by atoms with van der Waals surface area (Å²) in [6.45, 7) is 3.83. The first-order valence-corrected chi connectivity index (χ1v) is 10.3. The van der Waals surface area contributed by atoms with Gasteiger partial charge in [0.25, 0.3) is 5.91 Å². The molecule has 170 valence electrons. The van der Waals surface area contributed by atoms with Crippen molar-refractivity contribution < 1.29 is 24.2 Å². The number of hydrogen-bond acceptors (Lipinski definition) is 5. The fourth-order valence-electron chi connectivity index (χ4n) is 3.46. The maximum absolute atomic E-state index is 12.9. The number of fused-ring (bicyclic) bond motifs is 1. The van der Waals surface area contributed by atoms with E-state index >= 15 is 0 Å². The third-order valence-corrected chi connectivity index (χ3v) is 5.01. The van der Waals surface area contributed by atoms with Gasteiger partial charge in [0.05, 0.1) is 13.4 Å². The predicted molar refractivity (Wildman–Crippen MR) is 117 cm³/mol. The lowest BCUT2D eigenvalue weighted by Gasteiger charge is -2.22. The molecule has 0 bridgehead atoms. The van der Waals surface area contributed by atoms with Gasteiger partial charge in [-0.3, -0.25) is 9.59 Å². The van der Waals surface area contributed by atoms with E-state index in [2.05, 4.69) is 25.6 Å². The Kier molecular flexibility index (Phi) is 7.14. The summed E-state index contributed by atoms with van der Waals surface area (Å²) in [5.74, 6) is -1.50. The second-order valence-electron chi connectivity index (χ2n) is 7.94. The van der Waals surface area contributed by atoms with Gasteiger partial charge < -0.3 is 30.4 Å². The fraction of sp³-hybridized carbons (Fsp3) is 0.364. The van der Waals surface area contributed by atoms with Crippen LogP contribution in [0.1, 0.15) is 36.5 Å². The number of hydrogen-bond donors (Lipinski definition) is 5. The van der Waals surface area contributed by atoms with Crippen LogP contribution in [0.15, 0.2) is 36.8 Å². The van der Waals surface area contributed by atoms with Crippen LogP contribution in [-0.2, 0) is 16.0 Å². The van der Waals surface area contributed by atoms with Crippen LogP contribution < -0.4 is 15.4 Å². The van der Waals surface area contributed by atoms with Crippen molar-refractivity contribution in [3.05, 3.63) is 48.2 Å². The minimum Gasteiger partial charge on any atom is -0.496 e. The standard InChI is InChI=1S/C22H27N5O5/c1-12(2)7-16(20(28)27-18(22(30)31)8-13-10-23-11-24-13)26-21(29)17-9-14-15(25-17)5-4-6-19(14)32-3/h4-6,9-12,16,18,25H,7-8H2,1-3H3,(H,23,24)(H,26,29)(H,27,28)(H,30,31)/t16-,18-/m0/s1. The van der Waals surface area contributed by atoms with Crippen LogP contribution in [0.4, 0.5) is 0 Å². The summed E-state index contributed by atoms with van der Waals surface area (Å²) in [6, 6.07) is 5.01. The summed E-state index contributed by atoms with van der Waals surface area (Å²) >= 11 is 0. The summed E-state index contributed by atoms with van der Waals surface area (Å²) in [5, 5.41) is 15.5. The molecule has 1 aromatic carbocycles. The number of amides is 2. The Morgan fingerprint density at radius 2 is 1.97 bits per heavy atom. The number of aromatic nitrogens is 3. The summed E-state index contributed by atoms with van der Waals surface area (Å²) < 4.78 is 5.32. The highest BCUT2D eigenvalue weighted by atomic mass is 16.5. The molecule has 5 N–H and O–H groups in total. The third kappa shape index (κ3) is 5.45. The minimum atomic E-state index is -1.18. The molecule has 2 atom stereocenters. The average molecular weight is 441 g/mol. The molecule has 2 aromatic heterocycles. The van der Waals surface area contributed by atoms with E-state index in [4.69, 9.17) is 4.74 Å². The number of aromatic amines is 2. The Labute approximate surface area is 184 Å². The van der Waals surface area contributed by atoms with Gasteiger partial charge in [-0.05, 0) is 30.5 Å². The van der Waals surface area contributed by atoms with Crippen LogP contribution in [0.3, 0.4) is 0 Å². The van der Waals surface area contributed by atoms with E-state index in [9.17, 15) is 19.5 Å². The smallest absolute Gasteiger partial charge is 0.326 e. The summed E-state index contributed by atoms with van der Waals surface area (Å²) in [7, 11) is 1.55. The number of carboxylic acid groups (broad SMARTS) is 1. The highest BCUT2D eigenvalue weighted by molar-refractivity contribution is 6.01. The lowest BCUT2D eigenvalue weighted by atomic mass is 10.0. The van der Waals surface area contributed by atoms with Gasteiger partial charge in [-0.2, -0.15) is 0 Å². The number of nitrogens with zero attached hydrogens (tertiary/aromatic N) is 1. The molecule has 0 unspecified atom stereocenters. The lowest BCUT2D eigenvalue weighted by molar-refractivity contribution is -0.142. The van der Waals surface area contributed by atoms with E-state index in [1.54, 1.807) is 25.3 Å². The first-order valence-electron chi connectivity index (χ1n) is 10.3. The zero-order chi connectivity index (χ0) is 23.3. The molecule has 0 aliphatic heterocycles. The molecule has 0 fully saturated rings. The number of imidazole rings is 1. The molecule has 10 heteroatoms. The highest BCUT2D eigenvalue weighted by Crippen LogP contribution is 2.26. The second kappa shape index (κ2) is 9.99. The normalized spacial score (nSPS) is 13.0. The van der Waals surface area contributed by atoms with Gasteiger partial charge in [0, 0.05) is 29.2 Å². The van der Waals surface area contributed by atoms with Crippen LogP contribution in [-0.4, -0.2) is 57.0 Å². The van der Waals surface area contributed by atoms with Crippen molar-refractivity contribution in [2.45, 2.75) is 38.8 Å². The summed E-state index contributed by atoms with van der Waals surface area (Å²) in [5.41, 5.74) is 1.58. The van der Waals surface area contributed by atoms with Crippen molar-refractivity contribution in [1.29, 1.82) is 0 Å². The summed E-state index contributed by atoms with van der Waals surface area (Å²) in [6.07, 6.45) is 3.33. The molecule has 0 aliphatic carbocycles. The average Bonchev–Trinajstić information content (AvgIpc) is 3.41. The largest absolute Gasteiger partial charge is 0.496 e. The van der Waals surface area contributed by atoms with Crippen LogP contribution in [0.2, 0.25) is 0 Å². The molecule has 0 aliphatic rings. The molecule has 0 spiro atoms. The Hall–Kier alpha value is -3.82. The topological polar surface area (TPSA) is 149 Å². The Bertz CT molecular complexity index is 1090. The number of carboxylic acids is 1. The molecule has 32 heavy (non-hydrogen) atoms. The quantitative estimate of drug-likeness (QED) is 0.324. The molecular weight excluding hydrogens is 414 g/mol. The second-order valence-corrected chi connectivity index (χ2v) is 7.94. The van der Waals surface area contributed by atoms with Gasteiger partial charge >= 0.3 is 5.97 Å². The maximum atomic E-state index is 12.9. The molecule has 10 nitrogen and oxygen atoms in total. The number of H-pyrrole nitrogens is 2. The van der Waals surface area contributed by atoms with E-state index in [0.29, 0.717) is 17.9 Å². The zero-order valence-electron chi connectivity index (χ0n) is 18.1. The first-order chi connectivity index (χ1) is 15.3. The van der Waals surface area contributed by atoms with Crippen molar-refractivity contribution in [2.75, 3.05) is 7.11 Å². The van der Waals surface area contributed by atoms with Crippen LogP contribution in [0.5, 0.6) is 5.75 Å². The third-order valence-electron chi connectivity index (χ3n) is 5.01. The van der Waals surface area contributed by atoms with E-state index in [1.165, 1.54) is 12.5 Å². The molecule has 0 radical (unpaired) electrons. The monoisotopic (exact) mass is 441 g/mol. The Morgan fingerprint density at radius 3 is 2.59 bits per heavy atom. The van der Waals surface area contributed by atoms with Crippen LogP contribution >= 0.6 is 0 Å². The van der Waals surface area contributed by atoms with Gasteiger partial charge in [-0.1, -0.05) is 19.9 Å². The first kappa shape index (κ1) is 22.9. The van der Waals surface area contributed by atoms with Gasteiger partial charge in [-0.25, -0.2) is 9.78 Å². The Balaban J connectivity index is 1.75. The zero-order valence-corrected chi connectivity index (χ0v) is 18.1. The lowest BCUT2D eigenvalue weighted by Crippen LogP contribution is -2.52.